The van der Waals surface area contributed by atoms with E-state index in [1.807, 2.05) is 19.9 Å². The Balaban J connectivity index is 2.00. The van der Waals surface area contributed by atoms with E-state index >= 15 is 0 Å². The Labute approximate surface area is 110 Å². The van der Waals surface area contributed by atoms with Gasteiger partial charge < -0.3 is 9.47 Å². The molecule has 0 atom stereocenters. The van der Waals surface area contributed by atoms with Crippen LogP contribution >= 0.6 is 0 Å². The maximum absolute atomic E-state index is 11.8. The summed E-state index contributed by atoms with van der Waals surface area (Å²) in [5.74, 6) is 0.717. The fourth-order valence-corrected chi connectivity index (χ4v) is 2.36. The van der Waals surface area contributed by atoms with E-state index < -0.39 is 5.54 Å². The second-order valence-electron chi connectivity index (χ2n) is 4.97. The summed E-state index contributed by atoms with van der Waals surface area (Å²) in [6.45, 7) is 3.85. The molecule has 0 fully saturated rings. The van der Waals surface area contributed by atoms with Gasteiger partial charge in [0.2, 0.25) is 6.79 Å². The molecule has 0 saturated carbocycles. The van der Waals surface area contributed by atoms with Crippen molar-refractivity contribution in [3.05, 3.63) is 35.9 Å². The van der Waals surface area contributed by atoms with Crippen molar-refractivity contribution in [1.29, 1.82) is 0 Å². The van der Waals surface area contributed by atoms with Crippen LogP contribution in [-0.2, 0) is 15.1 Å². The molecule has 5 nitrogen and oxygen atoms in total. The van der Waals surface area contributed by atoms with Gasteiger partial charge in [-0.05, 0) is 31.5 Å². The van der Waals surface area contributed by atoms with E-state index in [4.69, 9.17) is 9.47 Å². The van der Waals surface area contributed by atoms with Gasteiger partial charge in [-0.25, -0.2) is 0 Å². The molecule has 2 heterocycles. The largest absolute Gasteiger partial charge is 0.454 e. The Kier molecular flexibility index (Phi) is 2.38. The van der Waals surface area contributed by atoms with Gasteiger partial charge in [0.05, 0.1) is 5.54 Å². The fraction of sp³-hybridized carbons (Fsp3) is 0.286. The number of rotatable bonds is 2. The molecule has 0 bridgehead atoms. The number of ether oxygens (including phenoxy) is 2. The van der Waals surface area contributed by atoms with Gasteiger partial charge in [-0.1, -0.05) is 6.07 Å². The molecule has 0 radical (unpaired) electrons. The van der Waals surface area contributed by atoms with E-state index in [1.165, 1.54) is 17.1 Å². The van der Waals surface area contributed by atoms with Gasteiger partial charge in [-0.2, -0.15) is 0 Å². The first-order valence-electron chi connectivity index (χ1n) is 5.96. The third-order valence-corrected chi connectivity index (χ3v) is 3.45. The summed E-state index contributed by atoms with van der Waals surface area (Å²) in [5.41, 5.74) is 0.0840. The van der Waals surface area contributed by atoms with Crippen LogP contribution in [0.5, 0.6) is 11.5 Å². The molecule has 98 valence electrons. The number of nitrogens with zero attached hydrogens (tertiary/aromatic N) is 1. The quantitative estimate of drug-likeness (QED) is 0.757. The predicted molar refractivity (Wildman–Crippen MR) is 66.6 cm³/mol. The zero-order valence-corrected chi connectivity index (χ0v) is 10.7. The average Bonchev–Trinajstić information content (AvgIpc) is 2.95. The molecule has 2 amide bonds. The summed E-state index contributed by atoms with van der Waals surface area (Å²) < 4.78 is 10.6. The summed E-state index contributed by atoms with van der Waals surface area (Å²) in [4.78, 5) is 24.8. The van der Waals surface area contributed by atoms with Crippen LogP contribution in [-0.4, -0.2) is 23.5 Å². The highest BCUT2D eigenvalue weighted by Crippen LogP contribution is 2.38. The summed E-state index contributed by atoms with van der Waals surface area (Å²) in [6.07, 6.45) is 2.58. The van der Waals surface area contributed by atoms with Crippen LogP contribution in [0.25, 0.3) is 0 Å². The Morgan fingerprint density at radius 2 is 1.68 bits per heavy atom. The third-order valence-electron chi connectivity index (χ3n) is 3.45. The fourth-order valence-electron chi connectivity index (χ4n) is 2.36. The molecule has 19 heavy (non-hydrogen) atoms. The lowest BCUT2D eigenvalue weighted by Crippen LogP contribution is -2.45. The second-order valence-corrected chi connectivity index (χ2v) is 4.97. The van der Waals surface area contributed by atoms with Gasteiger partial charge in [0.25, 0.3) is 11.8 Å². The molecule has 0 unspecified atom stereocenters. The Morgan fingerprint density at radius 1 is 1.05 bits per heavy atom. The van der Waals surface area contributed by atoms with Crippen molar-refractivity contribution in [3.63, 3.8) is 0 Å². The van der Waals surface area contributed by atoms with E-state index in [0.717, 1.165) is 5.56 Å². The normalized spacial score (nSPS) is 17.5. The van der Waals surface area contributed by atoms with Gasteiger partial charge in [0.15, 0.2) is 11.5 Å². The number of hydrogen-bond donors (Lipinski definition) is 0. The molecule has 0 spiro atoms. The zero-order chi connectivity index (χ0) is 13.6. The highest BCUT2D eigenvalue weighted by molar-refractivity contribution is 6.13. The summed E-state index contributed by atoms with van der Waals surface area (Å²) in [5, 5.41) is 0. The van der Waals surface area contributed by atoms with Crippen LogP contribution < -0.4 is 9.47 Å². The number of hydrogen-bond acceptors (Lipinski definition) is 4. The number of carbonyl (C=O) groups is 2. The SMILES string of the molecule is CC(C)(c1ccc2c(c1)OCO2)N1C(=O)C=CC1=O. The van der Waals surface area contributed by atoms with E-state index in [9.17, 15) is 9.59 Å². The monoisotopic (exact) mass is 259 g/mol. The lowest BCUT2D eigenvalue weighted by atomic mass is 9.92. The highest BCUT2D eigenvalue weighted by atomic mass is 16.7. The maximum Gasteiger partial charge on any atom is 0.254 e. The van der Waals surface area contributed by atoms with Crippen LogP contribution in [0.2, 0.25) is 0 Å². The van der Waals surface area contributed by atoms with E-state index in [1.54, 1.807) is 12.1 Å². The van der Waals surface area contributed by atoms with Crippen LogP contribution in [0.15, 0.2) is 30.4 Å². The smallest absolute Gasteiger partial charge is 0.254 e. The topological polar surface area (TPSA) is 55.8 Å². The maximum atomic E-state index is 11.8. The minimum absolute atomic E-state index is 0.197. The second kappa shape index (κ2) is 3.85. The van der Waals surface area contributed by atoms with Crippen molar-refractivity contribution in [2.45, 2.75) is 19.4 Å². The molecular weight excluding hydrogens is 246 g/mol. The minimum atomic E-state index is -0.737. The molecule has 1 aromatic carbocycles. The molecule has 5 heteroatoms. The Hall–Kier alpha value is -2.30. The number of imide groups is 1. The van der Waals surface area contributed by atoms with Crippen molar-refractivity contribution in [2.24, 2.45) is 0 Å². The van der Waals surface area contributed by atoms with Crippen LogP contribution in [0, 0.1) is 0 Å². The number of carbonyl (C=O) groups excluding carboxylic acids is 2. The van der Waals surface area contributed by atoms with E-state index in [-0.39, 0.29) is 18.6 Å². The van der Waals surface area contributed by atoms with Gasteiger partial charge >= 0.3 is 0 Å². The van der Waals surface area contributed by atoms with Gasteiger partial charge in [0.1, 0.15) is 0 Å². The number of benzene rings is 1. The molecule has 0 aliphatic carbocycles. The standard InChI is InChI=1S/C14H13NO4/c1-14(2,15-12(16)5-6-13(15)17)9-3-4-10-11(7-9)19-8-18-10/h3-7H,8H2,1-2H3. The van der Waals surface area contributed by atoms with Crippen molar-refractivity contribution in [3.8, 4) is 11.5 Å². The molecule has 1 aromatic rings. The van der Waals surface area contributed by atoms with Crippen LogP contribution in [0.1, 0.15) is 19.4 Å². The first-order chi connectivity index (χ1) is 9.00. The molecule has 0 N–H and O–H groups in total. The summed E-state index contributed by atoms with van der Waals surface area (Å²) >= 11 is 0. The summed E-state index contributed by atoms with van der Waals surface area (Å²) in [7, 11) is 0. The molecular formula is C14H13NO4. The van der Waals surface area contributed by atoms with Gasteiger partial charge in [0, 0.05) is 12.2 Å². The van der Waals surface area contributed by atoms with Gasteiger partial charge in [-0.15, -0.1) is 0 Å². The number of amides is 2. The molecule has 2 aliphatic heterocycles. The average molecular weight is 259 g/mol. The van der Waals surface area contributed by atoms with Crippen molar-refractivity contribution >= 4 is 11.8 Å². The molecule has 0 saturated heterocycles. The van der Waals surface area contributed by atoms with E-state index in [0.29, 0.717) is 11.5 Å². The first kappa shape index (κ1) is 11.8. The summed E-state index contributed by atoms with van der Waals surface area (Å²) in [6, 6.07) is 5.44. The molecule has 3 rings (SSSR count). The van der Waals surface area contributed by atoms with Crippen LogP contribution in [0.4, 0.5) is 0 Å². The highest BCUT2D eigenvalue weighted by Gasteiger charge is 2.39. The molecule has 2 aliphatic rings. The minimum Gasteiger partial charge on any atom is -0.454 e. The van der Waals surface area contributed by atoms with Crippen LogP contribution in [0.3, 0.4) is 0 Å². The van der Waals surface area contributed by atoms with Crippen molar-refractivity contribution in [2.75, 3.05) is 6.79 Å². The molecule has 0 aromatic heterocycles. The van der Waals surface area contributed by atoms with Crippen molar-refractivity contribution < 1.29 is 19.1 Å². The lowest BCUT2D eigenvalue weighted by molar-refractivity contribution is -0.143. The number of fused-ring (bicyclic) bond motifs is 1. The predicted octanol–water partition coefficient (Wildman–Crippen LogP) is 1.58. The zero-order valence-electron chi connectivity index (χ0n) is 10.7. The Bertz CT molecular complexity index is 585. The van der Waals surface area contributed by atoms with Crippen molar-refractivity contribution in [1.82, 2.24) is 4.90 Å². The van der Waals surface area contributed by atoms with Gasteiger partial charge in [-0.3, -0.25) is 14.5 Å². The Morgan fingerprint density at radius 3 is 2.37 bits per heavy atom. The lowest BCUT2D eigenvalue weighted by Gasteiger charge is -2.34. The first-order valence-corrected chi connectivity index (χ1v) is 5.96. The van der Waals surface area contributed by atoms with E-state index in [2.05, 4.69) is 0 Å². The third kappa shape index (κ3) is 1.69.